The Labute approximate surface area is 190 Å². The van der Waals surface area contributed by atoms with E-state index in [9.17, 15) is 9.59 Å². The molecule has 1 atom stereocenters. The molecule has 4 rings (SSSR count). The lowest BCUT2D eigenvalue weighted by Crippen LogP contribution is -2.40. The van der Waals surface area contributed by atoms with Crippen LogP contribution in [0.15, 0.2) is 23.3 Å². The second kappa shape index (κ2) is 9.98. The fourth-order valence-electron chi connectivity index (χ4n) is 5.00. The maximum Gasteiger partial charge on any atom is 0.251 e. The molecule has 2 aliphatic rings. The molecule has 8 heteroatoms. The fourth-order valence-corrected chi connectivity index (χ4v) is 5.00. The van der Waals surface area contributed by atoms with E-state index in [1.165, 1.54) is 5.56 Å². The molecule has 0 aliphatic carbocycles. The predicted molar refractivity (Wildman–Crippen MR) is 123 cm³/mol. The number of carbonyl (C=O) groups is 1. The zero-order valence-electron chi connectivity index (χ0n) is 19.6. The summed E-state index contributed by atoms with van der Waals surface area (Å²) < 4.78 is 1.96. The van der Waals surface area contributed by atoms with E-state index in [0.29, 0.717) is 0 Å². The molecule has 0 bridgehead atoms. The van der Waals surface area contributed by atoms with Crippen LogP contribution in [-0.4, -0.2) is 61.6 Å². The Hall–Kier alpha value is -2.48. The van der Waals surface area contributed by atoms with Crippen molar-refractivity contribution in [1.82, 2.24) is 29.5 Å². The Balaban J connectivity index is 1.42. The van der Waals surface area contributed by atoms with Gasteiger partial charge < -0.3 is 9.88 Å². The van der Waals surface area contributed by atoms with Crippen molar-refractivity contribution >= 4 is 5.91 Å². The summed E-state index contributed by atoms with van der Waals surface area (Å²) in [5.41, 5.74) is 2.08. The second-order valence-corrected chi connectivity index (χ2v) is 9.59. The molecule has 0 saturated carbocycles. The normalized spacial score (nSPS) is 20.8. The van der Waals surface area contributed by atoms with Gasteiger partial charge in [-0.1, -0.05) is 13.8 Å². The van der Waals surface area contributed by atoms with Crippen molar-refractivity contribution in [2.24, 2.45) is 5.92 Å². The van der Waals surface area contributed by atoms with Gasteiger partial charge in [0.05, 0.1) is 11.9 Å². The first-order valence-electron chi connectivity index (χ1n) is 12.1. The molecule has 2 aromatic rings. The van der Waals surface area contributed by atoms with Crippen molar-refractivity contribution in [3.05, 3.63) is 45.9 Å². The maximum atomic E-state index is 12.5. The van der Waals surface area contributed by atoms with Crippen LogP contribution in [0.3, 0.4) is 0 Å². The molecule has 1 amide bonds. The molecule has 2 saturated heterocycles. The first-order chi connectivity index (χ1) is 15.4. The number of aromatic nitrogens is 4. The van der Waals surface area contributed by atoms with E-state index < -0.39 is 0 Å². The van der Waals surface area contributed by atoms with Crippen LogP contribution in [0.2, 0.25) is 0 Å². The monoisotopic (exact) mass is 440 g/mol. The average molecular weight is 441 g/mol. The van der Waals surface area contributed by atoms with Crippen molar-refractivity contribution in [2.45, 2.75) is 71.4 Å². The van der Waals surface area contributed by atoms with Gasteiger partial charge in [-0.25, -0.2) is 4.98 Å². The van der Waals surface area contributed by atoms with E-state index in [1.54, 1.807) is 6.07 Å². The number of H-pyrrole nitrogens is 1. The van der Waals surface area contributed by atoms with Crippen LogP contribution in [0.5, 0.6) is 0 Å². The highest BCUT2D eigenvalue weighted by Crippen LogP contribution is 2.29. The molecule has 2 fully saturated rings. The molecule has 0 unspecified atom stereocenters. The Morgan fingerprint density at radius 2 is 1.97 bits per heavy atom. The Bertz CT molecular complexity index is 973. The number of rotatable bonds is 6. The Kier molecular flexibility index (Phi) is 7.08. The summed E-state index contributed by atoms with van der Waals surface area (Å²) in [5.74, 6) is 1.52. The highest BCUT2D eigenvalue weighted by molar-refractivity contribution is 5.78. The highest BCUT2D eigenvalue weighted by atomic mass is 16.2. The number of likely N-dealkylation sites (tertiary alicyclic amines) is 2. The molecule has 8 nitrogen and oxygen atoms in total. The van der Waals surface area contributed by atoms with Crippen LogP contribution in [0.4, 0.5) is 0 Å². The van der Waals surface area contributed by atoms with Crippen LogP contribution in [0.25, 0.3) is 0 Å². The summed E-state index contributed by atoms with van der Waals surface area (Å²) in [6.45, 7) is 11.2. The number of nitrogens with one attached hydrogen (secondary N) is 1. The van der Waals surface area contributed by atoms with E-state index in [2.05, 4.69) is 28.1 Å². The van der Waals surface area contributed by atoms with Crippen LogP contribution in [-0.2, 0) is 17.9 Å². The SMILES string of the molecule is CCn1cc(CN2CCC[C@@H](c3cc(=O)[nH]c(C4CCN(C(=O)C(C)C)CC4)n3)C2)cn1. The topological polar surface area (TPSA) is 87.1 Å². The molecule has 32 heavy (non-hydrogen) atoms. The highest BCUT2D eigenvalue weighted by Gasteiger charge is 2.28. The van der Waals surface area contributed by atoms with Gasteiger partial charge in [-0.05, 0) is 39.2 Å². The van der Waals surface area contributed by atoms with Gasteiger partial charge in [0, 0.05) is 68.3 Å². The average Bonchev–Trinajstić information content (AvgIpc) is 3.26. The van der Waals surface area contributed by atoms with E-state index in [-0.39, 0.29) is 29.2 Å². The Morgan fingerprint density at radius 1 is 1.19 bits per heavy atom. The van der Waals surface area contributed by atoms with Gasteiger partial charge in [-0.2, -0.15) is 5.10 Å². The van der Waals surface area contributed by atoms with E-state index >= 15 is 0 Å². The molecule has 0 radical (unpaired) electrons. The molecule has 174 valence electrons. The Morgan fingerprint density at radius 3 is 2.66 bits per heavy atom. The molecule has 0 spiro atoms. The quantitative estimate of drug-likeness (QED) is 0.746. The maximum absolute atomic E-state index is 12.5. The number of piperidine rings is 2. The molecule has 1 N–H and O–H groups in total. The number of aryl methyl sites for hydroxylation is 1. The van der Waals surface area contributed by atoms with Crippen molar-refractivity contribution < 1.29 is 4.79 Å². The van der Waals surface area contributed by atoms with Crippen molar-refractivity contribution in [1.29, 1.82) is 0 Å². The first kappa shape index (κ1) is 22.7. The third kappa shape index (κ3) is 5.28. The molecule has 2 aliphatic heterocycles. The van der Waals surface area contributed by atoms with Gasteiger partial charge in [0.1, 0.15) is 5.82 Å². The minimum Gasteiger partial charge on any atom is -0.342 e. The lowest BCUT2D eigenvalue weighted by molar-refractivity contribution is -0.135. The number of carbonyl (C=O) groups excluding carboxylic acids is 1. The summed E-state index contributed by atoms with van der Waals surface area (Å²) in [4.78, 5) is 37.1. The van der Waals surface area contributed by atoms with Gasteiger partial charge >= 0.3 is 0 Å². The van der Waals surface area contributed by atoms with Crippen LogP contribution >= 0.6 is 0 Å². The smallest absolute Gasteiger partial charge is 0.251 e. The summed E-state index contributed by atoms with van der Waals surface area (Å²) in [7, 11) is 0. The van der Waals surface area contributed by atoms with Crippen molar-refractivity contribution in [3.8, 4) is 0 Å². The third-order valence-corrected chi connectivity index (χ3v) is 6.81. The molecule has 0 aromatic carbocycles. The molecular formula is C24H36N6O2. The standard InChI is InChI=1S/C24H36N6O2/c1-4-30-15-18(13-25-30)14-28-9-5-6-20(16-28)21-12-22(31)27-23(26-21)19-7-10-29(11-8-19)24(32)17(2)3/h12-13,15,17,19-20H,4-11,14,16H2,1-3H3,(H,26,27,31)/t20-/m1/s1. The fraction of sp³-hybridized carbons (Fsp3) is 0.667. The molecule has 2 aromatic heterocycles. The number of nitrogens with zero attached hydrogens (tertiary/aromatic N) is 5. The zero-order chi connectivity index (χ0) is 22.7. The summed E-state index contributed by atoms with van der Waals surface area (Å²) in [6.07, 6.45) is 7.93. The minimum atomic E-state index is -0.0629. The van der Waals surface area contributed by atoms with E-state index in [4.69, 9.17) is 4.98 Å². The molecule has 4 heterocycles. The number of hydrogen-bond donors (Lipinski definition) is 1. The third-order valence-electron chi connectivity index (χ3n) is 6.81. The largest absolute Gasteiger partial charge is 0.342 e. The number of aromatic amines is 1. The van der Waals surface area contributed by atoms with Gasteiger partial charge in [0.15, 0.2) is 0 Å². The van der Waals surface area contributed by atoms with Crippen molar-refractivity contribution in [3.63, 3.8) is 0 Å². The predicted octanol–water partition coefficient (Wildman–Crippen LogP) is 2.73. The summed E-state index contributed by atoms with van der Waals surface area (Å²) in [5, 5.41) is 4.39. The minimum absolute atomic E-state index is 0.0263. The first-order valence-corrected chi connectivity index (χ1v) is 12.1. The lowest BCUT2D eigenvalue weighted by Gasteiger charge is -2.34. The number of amides is 1. The lowest BCUT2D eigenvalue weighted by atomic mass is 9.92. The zero-order valence-corrected chi connectivity index (χ0v) is 19.6. The summed E-state index contributed by atoms with van der Waals surface area (Å²) in [6, 6.07) is 1.68. The van der Waals surface area contributed by atoms with Gasteiger partial charge in [-0.3, -0.25) is 19.2 Å². The van der Waals surface area contributed by atoms with E-state index in [1.807, 2.05) is 29.6 Å². The van der Waals surface area contributed by atoms with Crippen LogP contribution in [0, 0.1) is 5.92 Å². The summed E-state index contributed by atoms with van der Waals surface area (Å²) >= 11 is 0. The van der Waals surface area contributed by atoms with Crippen LogP contribution in [0.1, 0.15) is 75.4 Å². The number of hydrogen-bond acceptors (Lipinski definition) is 5. The van der Waals surface area contributed by atoms with E-state index in [0.717, 1.165) is 76.5 Å². The van der Waals surface area contributed by atoms with Gasteiger partial charge in [0.2, 0.25) is 5.91 Å². The molecular weight excluding hydrogens is 404 g/mol. The van der Waals surface area contributed by atoms with Gasteiger partial charge in [-0.15, -0.1) is 0 Å². The van der Waals surface area contributed by atoms with Crippen molar-refractivity contribution in [2.75, 3.05) is 26.2 Å². The van der Waals surface area contributed by atoms with Gasteiger partial charge in [0.25, 0.3) is 5.56 Å². The van der Waals surface area contributed by atoms with Crippen LogP contribution < -0.4 is 5.56 Å². The second-order valence-electron chi connectivity index (χ2n) is 9.59.